The van der Waals surface area contributed by atoms with E-state index < -0.39 is 5.67 Å². The van der Waals surface area contributed by atoms with E-state index in [0.717, 1.165) is 58.4 Å². The van der Waals surface area contributed by atoms with Crippen LogP contribution in [-0.2, 0) is 11.2 Å². The van der Waals surface area contributed by atoms with E-state index in [0.29, 0.717) is 62.1 Å². The normalized spacial score (nSPS) is 30.8. The summed E-state index contributed by atoms with van der Waals surface area (Å²) >= 11 is 0. The summed E-state index contributed by atoms with van der Waals surface area (Å²) in [5, 5.41) is 0. The van der Waals surface area contributed by atoms with Gasteiger partial charge in [-0.2, -0.15) is 0 Å². The fraction of sp³-hybridized carbons (Fsp3) is 0.692. The van der Waals surface area contributed by atoms with Gasteiger partial charge in [-0.25, -0.2) is 4.39 Å². The third kappa shape index (κ3) is 7.91. The van der Waals surface area contributed by atoms with Crippen molar-refractivity contribution in [1.82, 2.24) is 19.7 Å². The van der Waals surface area contributed by atoms with Crippen molar-refractivity contribution in [3.05, 3.63) is 65.5 Å². The lowest BCUT2D eigenvalue weighted by Crippen LogP contribution is -2.61. The Labute approximate surface area is 277 Å². The number of benzene rings is 1. The van der Waals surface area contributed by atoms with Crippen molar-refractivity contribution in [3.63, 3.8) is 0 Å². The van der Waals surface area contributed by atoms with Crippen molar-refractivity contribution < 1.29 is 9.18 Å². The van der Waals surface area contributed by atoms with E-state index in [1.807, 2.05) is 6.20 Å². The molecule has 2 bridgehead atoms. The molecule has 6 nitrogen and oxygen atoms in total. The van der Waals surface area contributed by atoms with Gasteiger partial charge in [-0.1, -0.05) is 36.4 Å². The number of piperazine rings is 1. The van der Waals surface area contributed by atoms with E-state index in [4.69, 9.17) is 10.7 Å². The van der Waals surface area contributed by atoms with Crippen LogP contribution in [0, 0.1) is 5.92 Å². The van der Waals surface area contributed by atoms with Gasteiger partial charge >= 0.3 is 0 Å². The van der Waals surface area contributed by atoms with Crippen molar-refractivity contribution in [2.75, 3.05) is 39.8 Å². The van der Waals surface area contributed by atoms with Crippen LogP contribution in [0.2, 0.25) is 0 Å². The molecular formula is C39H58FN5O. The number of nitrogens with two attached hydrogens (primary N) is 1. The molecule has 2 aliphatic heterocycles. The number of halogens is 1. The van der Waals surface area contributed by atoms with Gasteiger partial charge in [-0.3, -0.25) is 24.5 Å². The molecule has 4 aliphatic rings. The average Bonchev–Trinajstić information content (AvgIpc) is 3.37. The molecule has 3 fully saturated rings. The number of carbonyl (C=O) groups is 1. The van der Waals surface area contributed by atoms with Crippen molar-refractivity contribution in [1.29, 1.82) is 0 Å². The first-order valence-corrected chi connectivity index (χ1v) is 18.4. The van der Waals surface area contributed by atoms with Crippen LogP contribution < -0.4 is 5.73 Å². The Hall–Kier alpha value is -2.19. The number of unbranched alkanes of at least 4 members (excludes halogenated alkanes) is 1. The van der Waals surface area contributed by atoms with Crippen LogP contribution in [0.25, 0.3) is 0 Å². The van der Waals surface area contributed by atoms with Gasteiger partial charge in [0, 0.05) is 49.8 Å². The molecule has 3 heterocycles. The summed E-state index contributed by atoms with van der Waals surface area (Å²) in [6, 6.07) is 17.0. The van der Waals surface area contributed by atoms with E-state index in [1.165, 1.54) is 42.5 Å². The number of aromatic nitrogens is 1. The van der Waals surface area contributed by atoms with E-state index in [2.05, 4.69) is 64.2 Å². The predicted molar refractivity (Wildman–Crippen MR) is 185 cm³/mol. The first-order chi connectivity index (χ1) is 22.3. The highest BCUT2D eigenvalue weighted by atomic mass is 19.1. The third-order valence-corrected chi connectivity index (χ3v) is 12.1. The highest BCUT2D eigenvalue weighted by Gasteiger charge is 2.46. The SMILES string of the molecule is CN1C[C@@H]2CC[C@H]([C@@H]1CN(CCCCN)C1CCCc3cccnc31)N2CC[C@@H](CC(=O)C1CCC(C)(F)CC1)c1ccccc1. The summed E-state index contributed by atoms with van der Waals surface area (Å²) in [6.45, 7) is 6.71. The Morgan fingerprint density at radius 2 is 1.89 bits per heavy atom. The molecule has 1 unspecified atom stereocenters. The Kier molecular flexibility index (Phi) is 11.3. The summed E-state index contributed by atoms with van der Waals surface area (Å²) < 4.78 is 14.5. The quantitative estimate of drug-likeness (QED) is 0.234. The van der Waals surface area contributed by atoms with Gasteiger partial charge in [0.05, 0.1) is 11.7 Å². The van der Waals surface area contributed by atoms with E-state index in [1.54, 1.807) is 6.92 Å². The monoisotopic (exact) mass is 631 g/mol. The number of hydrogen-bond acceptors (Lipinski definition) is 6. The largest absolute Gasteiger partial charge is 0.330 e. The number of aryl methyl sites for hydroxylation is 1. The maximum Gasteiger partial charge on any atom is 0.136 e. The molecule has 2 N–H and O–H groups in total. The minimum Gasteiger partial charge on any atom is -0.330 e. The summed E-state index contributed by atoms with van der Waals surface area (Å²) in [6.07, 6.45) is 14.2. The molecule has 6 rings (SSSR count). The number of nitrogens with zero attached hydrogens (tertiary/aromatic N) is 4. The summed E-state index contributed by atoms with van der Waals surface area (Å²) in [5.74, 6) is 0.574. The van der Waals surface area contributed by atoms with Crippen LogP contribution in [0.3, 0.4) is 0 Å². The van der Waals surface area contributed by atoms with E-state index in [9.17, 15) is 9.18 Å². The van der Waals surface area contributed by atoms with E-state index in [-0.39, 0.29) is 11.8 Å². The van der Waals surface area contributed by atoms with Gasteiger partial charge in [0.1, 0.15) is 11.5 Å². The molecule has 5 atom stereocenters. The number of likely N-dealkylation sites (tertiary alicyclic amines) is 1. The van der Waals surface area contributed by atoms with Crippen molar-refractivity contribution in [2.45, 2.75) is 126 Å². The van der Waals surface area contributed by atoms with Crippen molar-refractivity contribution >= 4 is 5.78 Å². The van der Waals surface area contributed by atoms with Gasteiger partial charge in [0.15, 0.2) is 0 Å². The third-order valence-electron chi connectivity index (χ3n) is 12.1. The molecule has 0 spiro atoms. The van der Waals surface area contributed by atoms with Crippen LogP contribution in [0.1, 0.15) is 113 Å². The maximum absolute atomic E-state index is 14.5. The molecule has 2 saturated heterocycles. The summed E-state index contributed by atoms with van der Waals surface area (Å²) in [4.78, 5) is 26.8. The van der Waals surface area contributed by atoms with Gasteiger partial charge in [0.25, 0.3) is 0 Å². The predicted octanol–water partition coefficient (Wildman–Crippen LogP) is 6.70. The first kappa shape index (κ1) is 33.7. The van der Waals surface area contributed by atoms with Gasteiger partial charge < -0.3 is 5.73 Å². The number of Topliss-reactive ketones (excluding diaryl/α,β-unsaturated/α-hetero) is 1. The molecule has 46 heavy (non-hydrogen) atoms. The maximum atomic E-state index is 14.5. The lowest BCUT2D eigenvalue weighted by atomic mass is 9.76. The Bertz CT molecular complexity index is 1260. The second-order valence-electron chi connectivity index (χ2n) is 15.2. The topological polar surface area (TPSA) is 65.7 Å². The summed E-state index contributed by atoms with van der Waals surface area (Å²) in [7, 11) is 2.34. The fourth-order valence-corrected chi connectivity index (χ4v) is 9.33. The minimum absolute atomic E-state index is 0.0175. The smallest absolute Gasteiger partial charge is 0.136 e. The number of likely N-dealkylation sites (N-methyl/N-ethyl adjacent to an activating group) is 1. The number of fused-ring (bicyclic) bond motifs is 3. The number of hydrogen-bond donors (Lipinski definition) is 1. The zero-order chi connectivity index (χ0) is 32.1. The molecule has 1 aromatic carbocycles. The first-order valence-electron chi connectivity index (χ1n) is 18.4. The molecule has 1 saturated carbocycles. The Morgan fingerprint density at radius 3 is 2.67 bits per heavy atom. The average molecular weight is 632 g/mol. The number of alkyl halides is 1. The second-order valence-corrected chi connectivity index (χ2v) is 15.2. The Balaban J connectivity index is 1.15. The minimum atomic E-state index is -1.11. The standard InChI is InChI=1S/C39H58FN5O/c1-39(40)20-17-30(18-21-39)37(46)26-32(29-10-4-3-5-11-29)19-25-45-33-15-16-34(45)36(43(2)27-33)28-44(24-7-6-22-41)35-14-8-12-31-13-9-23-42-38(31)35/h3-5,9-11,13,23,30,32-36H,6-8,12,14-22,24-28,41H2,1-2H3/t30?,32-,33-,34+,35?,36-,39?/m0/s1. The number of carbonyl (C=O) groups excluding carboxylic acids is 1. The lowest BCUT2D eigenvalue weighted by molar-refractivity contribution is -0.125. The second kappa shape index (κ2) is 15.4. The highest BCUT2D eigenvalue weighted by Crippen LogP contribution is 2.40. The molecule has 0 radical (unpaired) electrons. The fourth-order valence-electron chi connectivity index (χ4n) is 9.33. The van der Waals surface area contributed by atoms with Crippen LogP contribution in [-0.4, -0.2) is 89.0 Å². The molecule has 7 heteroatoms. The highest BCUT2D eigenvalue weighted by molar-refractivity contribution is 5.82. The van der Waals surface area contributed by atoms with Gasteiger partial charge in [0.2, 0.25) is 0 Å². The lowest BCUT2D eigenvalue weighted by Gasteiger charge is -2.48. The zero-order valence-electron chi connectivity index (χ0n) is 28.5. The molecule has 252 valence electrons. The van der Waals surface area contributed by atoms with Crippen LogP contribution >= 0.6 is 0 Å². The molecule has 2 aliphatic carbocycles. The van der Waals surface area contributed by atoms with Crippen molar-refractivity contribution in [3.8, 4) is 0 Å². The van der Waals surface area contributed by atoms with Crippen LogP contribution in [0.5, 0.6) is 0 Å². The molecular weight excluding hydrogens is 573 g/mol. The number of pyridine rings is 1. The van der Waals surface area contributed by atoms with E-state index >= 15 is 0 Å². The zero-order valence-corrected chi connectivity index (χ0v) is 28.5. The number of ketones is 1. The van der Waals surface area contributed by atoms with Crippen LogP contribution in [0.4, 0.5) is 4.39 Å². The molecule has 2 aromatic rings. The van der Waals surface area contributed by atoms with Gasteiger partial charge in [-0.15, -0.1) is 0 Å². The number of rotatable bonds is 14. The summed E-state index contributed by atoms with van der Waals surface area (Å²) in [5.41, 5.74) is 8.83. The van der Waals surface area contributed by atoms with Crippen molar-refractivity contribution in [2.24, 2.45) is 11.7 Å². The Morgan fingerprint density at radius 1 is 1.09 bits per heavy atom. The van der Waals surface area contributed by atoms with Gasteiger partial charge in [-0.05, 0) is 134 Å². The molecule has 1 aromatic heterocycles. The molecule has 0 amide bonds. The van der Waals surface area contributed by atoms with Crippen LogP contribution in [0.15, 0.2) is 48.7 Å².